The molecule has 0 unspecified atom stereocenters. The van der Waals surface area contributed by atoms with Crippen LogP contribution in [0.5, 0.6) is 5.75 Å². The topological polar surface area (TPSA) is 72.6 Å². The van der Waals surface area contributed by atoms with Crippen LogP contribution < -0.4 is 4.74 Å². The molecule has 0 heterocycles. The average molecular weight is 277 g/mol. The number of aliphatic hydroxyl groups excluding tert-OH is 1. The summed E-state index contributed by atoms with van der Waals surface area (Å²) in [6.45, 7) is -0.349. The summed E-state index contributed by atoms with van der Waals surface area (Å²) in [6.07, 6.45) is 0. The summed E-state index contributed by atoms with van der Waals surface area (Å²) in [7, 11) is 0. The lowest BCUT2D eigenvalue weighted by molar-refractivity contribution is -0.387. The van der Waals surface area contributed by atoms with E-state index >= 15 is 0 Å². The number of nitro benzene ring substituents is 1. The van der Waals surface area contributed by atoms with E-state index in [0.29, 0.717) is 11.3 Å². The van der Waals surface area contributed by atoms with Crippen molar-refractivity contribution >= 4 is 5.69 Å². The van der Waals surface area contributed by atoms with Crippen LogP contribution in [0.1, 0.15) is 11.1 Å². The Balaban J connectivity index is 2.19. The van der Waals surface area contributed by atoms with Crippen LogP contribution in [-0.2, 0) is 13.2 Å². The van der Waals surface area contributed by atoms with Crippen molar-refractivity contribution in [2.75, 3.05) is 0 Å². The van der Waals surface area contributed by atoms with Crippen LogP contribution in [-0.4, -0.2) is 10.0 Å². The van der Waals surface area contributed by atoms with Gasteiger partial charge in [-0.1, -0.05) is 30.3 Å². The normalized spacial score (nSPS) is 10.3. The van der Waals surface area contributed by atoms with Gasteiger partial charge in [-0.25, -0.2) is 0 Å². The van der Waals surface area contributed by atoms with Gasteiger partial charge in [0, 0.05) is 17.2 Å². The van der Waals surface area contributed by atoms with E-state index in [2.05, 4.69) is 0 Å². The molecule has 2 rings (SSSR count). The first-order valence-corrected chi connectivity index (χ1v) is 5.87. The van der Waals surface area contributed by atoms with Gasteiger partial charge in [-0.05, 0) is 6.07 Å². The third-order valence-electron chi connectivity index (χ3n) is 2.78. The Morgan fingerprint density at radius 1 is 1.15 bits per heavy atom. The van der Waals surface area contributed by atoms with Crippen LogP contribution in [0.4, 0.5) is 10.1 Å². The number of rotatable bonds is 5. The lowest BCUT2D eigenvalue weighted by Crippen LogP contribution is -2.03. The molecule has 0 aliphatic rings. The summed E-state index contributed by atoms with van der Waals surface area (Å²) in [4.78, 5) is 9.86. The van der Waals surface area contributed by atoms with E-state index in [4.69, 9.17) is 9.84 Å². The molecule has 0 amide bonds. The third kappa shape index (κ3) is 2.92. The van der Waals surface area contributed by atoms with Crippen molar-refractivity contribution in [1.82, 2.24) is 0 Å². The van der Waals surface area contributed by atoms with Crippen molar-refractivity contribution in [3.63, 3.8) is 0 Å². The lowest BCUT2D eigenvalue weighted by Gasteiger charge is -2.10. The van der Waals surface area contributed by atoms with Crippen LogP contribution >= 0.6 is 0 Å². The number of nitro groups is 1. The highest BCUT2D eigenvalue weighted by atomic mass is 19.1. The predicted molar refractivity (Wildman–Crippen MR) is 69.8 cm³/mol. The highest BCUT2D eigenvalue weighted by molar-refractivity contribution is 5.37. The Morgan fingerprint density at radius 2 is 1.85 bits per heavy atom. The van der Waals surface area contributed by atoms with Crippen molar-refractivity contribution in [2.45, 2.75) is 13.2 Å². The Labute approximate surface area is 114 Å². The zero-order chi connectivity index (χ0) is 14.5. The molecule has 0 atom stereocenters. The van der Waals surface area contributed by atoms with Crippen molar-refractivity contribution in [3.8, 4) is 5.75 Å². The molecule has 5 nitrogen and oxygen atoms in total. The minimum atomic E-state index is -0.904. The second-order valence-electron chi connectivity index (χ2n) is 4.06. The molecule has 6 heteroatoms. The van der Waals surface area contributed by atoms with Gasteiger partial charge >= 0.3 is 5.69 Å². The molecule has 0 aliphatic carbocycles. The molecule has 0 saturated heterocycles. The molecular weight excluding hydrogens is 265 g/mol. The second-order valence-corrected chi connectivity index (χ2v) is 4.06. The summed E-state index contributed by atoms with van der Waals surface area (Å²) in [5.74, 6) is -0.486. The van der Waals surface area contributed by atoms with Crippen LogP contribution in [0.2, 0.25) is 0 Å². The zero-order valence-electron chi connectivity index (χ0n) is 10.5. The first-order valence-electron chi connectivity index (χ1n) is 5.87. The zero-order valence-corrected chi connectivity index (χ0v) is 10.5. The van der Waals surface area contributed by atoms with Gasteiger partial charge in [0.15, 0.2) is 0 Å². The number of hydrogen-bond acceptors (Lipinski definition) is 4. The van der Waals surface area contributed by atoms with Gasteiger partial charge < -0.3 is 9.84 Å². The fourth-order valence-electron chi connectivity index (χ4n) is 1.75. The van der Waals surface area contributed by atoms with E-state index in [1.165, 1.54) is 12.1 Å². The molecule has 0 aromatic heterocycles. The standard InChI is InChI=1S/C14H12FNO4/c15-14-11(5-3-6-12(14)16(18)19)9-20-13-7-2-1-4-10(13)8-17/h1-7,17H,8-9H2. The van der Waals surface area contributed by atoms with Crippen LogP contribution in [0, 0.1) is 15.9 Å². The summed E-state index contributed by atoms with van der Waals surface area (Å²) in [6, 6.07) is 10.7. The second kappa shape index (κ2) is 6.12. The number of benzene rings is 2. The lowest BCUT2D eigenvalue weighted by atomic mass is 10.2. The van der Waals surface area contributed by atoms with Gasteiger partial charge in [0.1, 0.15) is 12.4 Å². The molecule has 1 N–H and O–H groups in total. The van der Waals surface area contributed by atoms with Gasteiger partial charge in [-0.2, -0.15) is 4.39 Å². The maximum atomic E-state index is 13.8. The molecule has 0 aliphatic heterocycles. The van der Waals surface area contributed by atoms with Gasteiger partial charge in [0.2, 0.25) is 5.82 Å². The first kappa shape index (κ1) is 14.0. The number of halogens is 1. The quantitative estimate of drug-likeness (QED) is 0.673. The maximum Gasteiger partial charge on any atom is 0.305 e. The smallest absolute Gasteiger partial charge is 0.305 e. The monoisotopic (exact) mass is 277 g/mol. The summed E-state index contributed by atoms with van der Waals surface area (Å²) in [5, 5.41) is 19.8. The molecule has 2 aromatic carbocycles. The van der Waals surface area contributed by atoms with Crippen molar-refractivity contribution in [1.29, 1.82) is 0 Å². The minimum Gasteiger partial charge on any atom is -0.488 e. The van der Waals surface area contributed by atoms with E-state index in [0.717, 1.165) is 6.07 Å². The molecule has 2 aromatic rings. The number of para-hydroxylation sites is 1. The van der Waals surface area contributed by atoms with E-state index in [9.17, 15) is 14.5 Å². The van der Waals surface area contributed by atoms with E-state index in [-0.39, 0.29) is 18.8 Å². The van der Waals surface area contributed by atoms with E-state index < -0.39 is 16.4 Å². The number of nitrogens with zero attached hydrogens (tertiary/aromatic N) is 1. The summed E-state index contributed by atoms with van der Waals surface area (Å²) >= 11 is 0. The Morgan fingerprint density at radius 3 is 2.55 bits per heavy atom. The van der Waals surface area contributed by atoms with Gasteiger partial charge in [0.05, 0.1) is 11.5 Å². The van der Waals surface area contributed by atoms with Gasteiger partial charge in [-0.3, -0.25) is 10.1 Å². The Bertz CT molecular complexity index is 630. The molecule has 0 fully saturated rings. The summed E-state index contributed by atoms with van der Waals surface area (Å²) < 4.78 is 19.2. The number of ether oxygens (including phenoxy) is 1. The third-order valence-corrected chi connectivity index (χ3v) is 2.78. The van der Waals surface area contributed by atoms with Crippen molar-refractivity contribution in [3.05, 3.63) is 69.5 Å². The summed E-state index contributed by atoms with van der Waals surface area (Å²) in [5.41, 5.74) is 0.0758. The highest BCUT2D eigenvalue weighted by Gasteiger charge is 2.17. The fourth-order valence-corrected chi connectivity index (χ4v) is 1.75. The molecule has 0 radical (unpaired) electrons. The van der Waals surface area contributed by atoms with Crippen LogP contribution in [0.15, 0.2) is 42.5 Å². The molecule has 0 spiro atoms. The molecule has 0 bridgehead atoms. The first-order chi connectivity index (χ1) is 9.63. The van der Waals surface area contributed by atoms with Crippen LogP contribution in [0.3, 0.4) is 0 Å². The van der Waals surface area contributed by atoms with Gasteiger partial charge in [0.25, 0.3) is 0 Å². The predicted octanol–water partition coefficient (Wildman–Crippen LogP) is 2.81. The minimum absolute atomic E-state index is 0.0898. The Hall–Kier alpha value is -2.47. The SMILES string of the molecule is O=[N+]([O-])c1cccc(COc2ccccc2CO)c1F. The molecular formula is C14H12FNO4. The van der Waals surface area contributed by atoms with E-state index in [1.54, 1.807) is 24.3 Å². The molecule has 104 valence electrons. The molecule has 0 saturated carbocycles. The van der Waals surface area contributed by atoms with Gasteiger partial charge in [-0.15, -0.1) is 0 Å². The Kier molecular flexibility index (Phi) is 4.27. The van der Waals surface area contributed by atoms with Crippen LogP contribution in [0.25, 0.3) is 0 Å². The highest BCUT2D eigenvalue weighted by Crippen LogP contribution is 2.23. The fraction of sp³-hybridized carbons (Fsp3) is 0.143. The van der Waals surface area contributed by atoms with Crippen molar-refractivity contribution in [2.24, 2.45) is 0 Å². The van der Waals surface area contributed by atoms with Crippen molar-refractivity contribution < 1.29 is 19.2 Å². The maximum absolute atomic E-state index is 13.8. The van der Waals surface area contributed by atoms with E-state index in [1.807, 2.05) is 0 Å². The average Bonchev–Trinajstić information content (AvgIpc) is 2.46. The number of aliphatic hydroxyl groups is 1. The largest absolute Gasteiger partial charge is 0.488 e. The molecule has 20 heavy (non-hydrogen) atoms. The number of hydrogen-bond donors (Lipinski definition) is 1.